The van der Waals surface area contributed by atoms with E-state index < -0.39 is 0 Å². The SMILES string of the molecule is Cc1cc(-c2ccccc2CO)no1. The quantitative estimate of drug-likeness (QED) is 0.787. The Hall–Kier alpha value is -1.61. The summed E-state index contributed by atoms with van der Waals surface area (Å²) in [4.78, 5) is 0. The number of hydrogen-bond donors (Lipinski definition) is 1. The summed E-state index contributed by atoms with van der Waals surface area (Å²) < 4.78 is 4.99. The van der Waals surface area contributed by atoms with Gasteiger partial charge in [0.1, 0.15) is 11.5 Å². The molecule has 1 aromatic carbocycles. The Morgan fingerprint density at radius 3 is 2.79 bits per heavy atom. The molecule has 1 N–H and O–H groups in total. The van der Waals surface area contributed by atoms with Gasteiger partial charge >= 0.3 is 0 Å². The zero-order chi connectivity index (χ0) is 9.97. The number of aliphatic hydroxyl groups excluding tert-OH is 1. The normalized spacial score (nSPS) is 10.4. The Labute approximate surface area is 82.0 Å². The molecule has 0 bridgehead atoms. The van der Waals surface area contributed by atoms with E-state index in [0.29, 0.717) is 0 Å². The van der Waals surface area contributed by atoms with E-state index in [1.165, 1.54) is 0 Å². The van der Waals surface area contributed by atoms with Gasteiger partial charge in [0.05, 0.1) is 6.61 Å². The lowest BCUT2D eigenvalue weighted by Gasteiger charge is -2.01. The van der Waals surface area contributed by atoms with Crippen LogP contribution in [0.1, 0.15) is 11.3 Å². The molecule has 0 radical (unpaired) electrons. The van der Waals surface area contributed by atoms with Gasteiger partial charge in [-0.3, -0.25) is 0 Å². The largest absolute Gasteiger partial charge is 0.392 e. The Kier molecular flexibility index (Phi) is 2.33. The van der Waals surface area contributed by atoms with Crippen LogP contribution in [0.4, 0.5) is 0 Å². The first-order chi connectivity index (χ1) is 6.81. The smallest absolute Gasteiger partial charge is 0.134 e. The van der Waals surface area contributed by atoms with E-state index in [2.05, 4.69) is 5.16 Å². The molecule has 2 rings (SSSR count). The Morgan fingerprint density at radius 1 is 1.36 bits per heavy atom. The minimum Gasteiger partial charge on any atom is -0.392 e. The molecule has 1 heterocycles. The fourth-order valence-electron chi connectivity index (χ4n) is 1.40. The van der Waals surface area contributed by atoms with Gasteiger partial charge in [0, 0.05) is 11.6 Å². The number of hydrogen-bond acceptors (Lipinski definition) is 3. The summed E-state index contributed by atoms with van der Waals surface area (Å²) in [6.45, 7) is 1.86. The molecule has 0 amide bonds. The molecule has 0 fully saturated rings. The van der Waals surface area contributed by atoms with Gasteiger partial charge in [0.2, 0.25) is 0 Å². The first kappa shape index (κ1) is 8.97. The van der Waals surface area contributed by atoms with Gasteiger partial charge in [0.15, 0.2) is 0 Å². The van der Waals surface area contributed by atoms with E-state index in [4.69, 9.17) is 9.63 Å². The lowest BCUT2D eigenvalue weighted by molar-refractivity contribution is 0.282. The molecular weight excluding hydrogens is 178 g/mol. The summed E-state index contributed by atoms with van der Waals surface area (Å²) in [7, 11) is 0. The number of benzene rings is 1. The van der Waals surface area contributed by atoms with E-state index >= 15 is 0 Å². The highest BCUT2D eigenvalue weighted by molar-refractivity contribution is 5.63. The van der Waals surface area contributed by atoms with Crippen molar-refractivity contribution in [3.05, 3.63) is 41.7 Å². The summed E-state index contributed by atoms with van der Waals surface area (Å²) in [5.41, 5.74) is 2.56. The molecule has 0 atom stereocenters. The van der Waals surface area contributed by atoms with Gasteiger partial charge in [-0.05, 0) is 12.5 Å². The standard InChI is InChI=1S/C11H11NO2/c1-8-6-11(12-14-8)10-5-3-2-4-9(10)7-13/h2-6,13H,7H2,1H3. The van der Waals surface area contributed by atoms with Crippen LogP contribution in [0.5, 0.6) is 0 Å². The third kappa shape index (κ3) is 1.54. The highest BCUT2D eigenvalue weighted by atomic mass is 16.5. The molecule has 0 aliphatic rings. The minimum absolute atomic E-state index is 0.0160. The highest BCUT2D eigenvalue weighted by Gasteiger charge is 2.07. The average molecular weight is 189 g/mol. The Bertz CT molecular complexity index is 434. The molecule has 0 aliphatic heterocycles. The lowest BCUT2D eigenvalue weighted by atomic mass is 10.1. The van der Waals surface area contributed by atoms with E-state index in [-0.39, 0.29) is 6.61 Å². The average Bonchev–Trinajstić information content (AvgIpc) is 2.65. The van der Waals surface area contributed by atoms with Gasteiger partial charge in [-0.2, -0.15) is 0 Å². The minimum atomic E-state index is 0.0160. The van der Waals surface area contributed by atoms with Crippen LogP contribution in [0.15, 0.2) is 34.9 Å². The fourth-order valence-corrected chi connectivity index (χ4v) is 1.40. The zero-order valence-electron chi connectivity index (χ0n) is 7.90. The third-order valence-electron chi connectivity index (χ3n) is 2.09. The van der Waals surface area contributed by atoms with Crippen molar-refractivity contribution in [1.29, 1.82) is 0 Å². The number of aliphatic hydroxyl groups is 1. The molecule has 0 saturated carbocycles. The lowest BCUT2D eigenvalue weighted by Crippen LogP contribution is -1.88. The van der Waals surface area contributed by atoms with Crippen molar-refractivity contribution >= 4 is 0 Å². The summed E-state index contributed by atoms with van der Waals surface area (Å²) in [5, 5.41) is 13.0. The Morgan fingerprint density at radius 2 is 2.14 bits per heavy atom. The monoisotopic (exact) mass is 189 g/mol. The first-order valence-corrected chi connectivity index (χ1v) is 4.43. The molecule has 72 valence electrons. The molecule has 0 unspecified atom stereocenters. The maximum atomic E-state index is 9.13. The van der Waals surface area contributed by atoms with Crippen molar-refractivity contribution < 1.29 is 9.63 Å². The molecule has 2 aromatic rings. The summed E-state index contributed by atoms with van der Waals surface area (Å²) in [6.07, 6.45) is 0. The van der Waals surface area contributed by atoms with Gasteiger partial charge < -0.3 is 9.63 Å². The summed E-state index contributed by atoms with van der Waals surface area (Å²) in [5.74, 6) is 0.771. The van der Waals surface area contributed by atoms with Crippen molar-refractivity contribution in [1.82, 2.24) is 5.16 Å². The van der Waals surface area contributed by atoms with Gasteiger partial charge in [-0.15, -0.1) is 0 Å². The van der Waals surface area contributed by atoms with Crippen LogP contribution in [0.3, 0.4) is 0 Å². The molecule has 0 saturated heterocycles. The highest BCUT2D eigenvalue weighted by Crippen LogP contribution is 2.22. The van der Waals surface area contributed by atoms with Gasteiger partial charge in [0.25, 0.3) is 0 Å². The van der Waals surface area contributed by atoms with Crippen LogP contribution in [0.25, 0.3) is 11.3 Å². The predicted molar refractivity (Wildman–Crippen MR) is 52.6 cm³/mol. The molecule has 3 heteroatoms. The summed E-state index contributed by atoms with van der Waals surface area (Å²) in [6, 6.07) is 9.46. The second-order valence-electron chi connectivity index (χ2n) is 3.14. The van der Waals surface area contributed by atoms with E-state index in [1.54, 1.807) is 0 Å². The van der Waals surface area contributed by atoms with E-state index in [0.717, 1.165) is 22.6 Å². The van der Waals surface area contributed by atoms with Crippen LogP contribution >= 0.6 is 0 Å². The number of nitrogens with zero attached hydrogens (tertiary/aromatic N) is 1. The maximum Gasteiger partial charge on any atom is 0.134 e. The summed E-state index contributed by atoms with van der Waals surface area (Å²) >= 11 is 0. The van der Waals surface area contributed by atoms with Crippen LogP contribution < -0.4 is 0 Å². The van der Waals surface area contributed by atoms with Gasteiger partial charge in [-0.1, -0.05) is 29.4 Å². The topological polar surface area (TPSA) is 46.3 Å². The molecule has 1 aromatic heterocycles. The molecular formula is C11H11NO2. The molecule has 3 nitrogen and oxygen atoms in total. The second kappa shape index (κ2) is 3.64. The van der Waals surface area contributed by atoms with Crippen LogP contribution in [-0.4, -0.2) is 10.3 Å². The number of aryl methyl sites for hydroxylation is 1. The van der Waals surface area contributed by atoms with Crippen molar-refractivity contribution in [3.8, 4) is 11.3 Å². The van der Waals surface area contributed by atoms with Crippen molar-refractivity contribution in [3.63, 3.8) is 0 Å². The molecule has 0 spiro atoms. The van der Waals surface area contributed by atoms with Crippen LogP contribution in [-0.2, 0) is 6.61 Å². The number of aromatic nitrogens is 1. The molecule has 0 aliphatic carbocycles. The van der Waals surface area contributed by atoms with Crippen molar-refractivity contribution in [2.45, 2.75) is 13.5 Å². The fraction of sp³-hybridized carbons (Fsp3) is 0.182. The van der Waals surface area contributed by atoms with E-state index in [9.17, 15) is 0 Å². The maximum absolute atomic E-state index is 9.13. The van der Waals surface area contributed by atoms with Crippen LogP contribution in [0.2, 0.25) is 0 Å². The van der Waals surface area contributed by atoms with Gasteiger partial charge in [-0.25, -0.2) is 0 Å². The van der Waals surface area contributed by atoms with Crippen molar-refractivity contribution in [2.75, 3.05) is 0 Å². The van der Waals surface area contributed by atoms with Crippen LogP contribution in [0, 0.1) is 6.92 Å². The predicted octanol–water partition coefficient (Wildman–Crippen LogP) is 2.14. The van der Waals surface area contributed by atoms with E-state index in [1.807, 2.05) is 37.3 Å². The Balaban J connectivity index is 2.50. The molecule has 14 heavy (non-hydrogen) atoms. The second-order valence-corrected chi connectivity index (χ2v) is 3.14. The van der Waals surface area contributed by atoms with Crippen molar-refractivity contribution in [2.24, 2.45) is 0 Å². The zero-order valence-corrected chi connectivity index (χ0v) is 7.90. The third-order valence-corrected chi connectivity index (χ3v) is 2.09. The first-order valence-electron chi connectivity index (χ1n) is 4.43. The number of rotatable bonds is 2.